The second-order valence-corrected chi connectivity index (χ2v) is 4.38. The van der Waals surface area contributed by atoms with Gasteiger partial charge < -0.3 is 24.6 Å². The molecule has 2 N–H and O–H groups in total. The van der Waals surface area contributed by atoms with Crippen LogP contribution in [0.2, 0.25) is 0 Å². The Morgan fingerprint density at radius 2 is 1.94 bits per heavy atom. The highest BCUT2D eigenvalue weighted by atomic mass is 16.5. The SMILES string of the molecule is CNC(C)(CC(C)OCCOCCOC)C(=O)O. The van der Waals surface area contributed by atoms with E-state index >= 15 is 0 Å². The number of hydrogen-bond acceptors (Lipinski definition) is 5. The average Bonchev–Trinajstić information content (AvgIpc) is 2.33. The van der Waals surface area contributed by atoms with Crippen molar-refractivity contribution in [1.82, 2.24) is 5.32 Å². The number of rotatable bonds is 11. The van der Waals surface area contributed by atoms with Crippen LogP contribution in [0.4, 0.5) is 0 Å². The maximum absolute atomic E-state index is 11.1. The molecule has 2 atom stereocenters. The van der Waals surface area contributed by atoms with Crippen molar-refractivity contribution in [2.75, 3.05) is 40.6 Å². The van der Waals surface area contributed by atoms with Gasteiger partial charge in [-0.25, -0.2) is 0 Å². The molecule has 0 saturated carbocycles. The number of carboxylic acids is 1. The smallest absolute Gasteiger partial charge is 0.323 e. The van der Waals surface area contributed by atoms with E-state index in [-0.39, 0.29) is 6.10 Å². The van der Waals surface area contributed by atoms with Gasteiger partial charge in [0.2, 0.25) is 0 Å². The van der Waals surface area contributed by atoms with Crippen molar-refractivity contribution in [3.8, 4) is 0 Å². The van der Waals surface area contributed by atoms with Gasteiger partial charge in [0.25, 0.3) is 0 Å². The quantitative estimate of drug-likeness (QED) is 0.529. The van der Waals surface area contributed by atoms with Crippen LogP contribution in [0.1, 0.15) is 20.3 Å². The Balaban J connectivity index is 3.76. The third-order valence-corrected chi connectivity index (χ3v) is 2.78. The number of nitrogens with one attached hydrogen (secondary N) is 1. The standard InChI is InChI=1S/C12H25NO5/c1-10(9-12(2,13-3)11(14)15)18-8-7-17-6-5-16-4/h10,13H,5-9H2,1-4H3,(H,14,15). The first-order valence-electron chi connectivity index (χ1n) is 6.07. The van der Waals surface area contributed by atoms with E-state index in [0.717, 1.165) is 0 Å². The second-order valence-electron chi connectivity index (χ2n) is 4.38. The Hall–Kier alpha value is -0.690. The van der Waals surface area contributed by atoms with Gasteiger partial charge in [0, 0.05) is 13.5 Å². The van der Waals surface area contributed by atoms with Gasteiger partial charge in [-0.15, -0.1) is 0 Å². The molecule has 6 nitrogen and oxygen atoms in total. The average molecular weight is 263 g/mol. The largest absolute Gasteiger partial charge is 0.480 e. The molecule has 2 unspecified atom stereocenters. The van der Waals surface area contributed by atoms with E-state index in [1.165, 1.54) is 0 Å². The van der Waals surface area contributed by atoms with E-state index in [9.17, 15) is 4.79 Å². The minimum atomic E-state index is -0.962. The predicted octanol–water partition coefficient (Wildman–Crippen LogP) is 0.507. The second kappa shape index (κ2) is 9.27. The summed E-state index contributed by atoms with van der Waals surface area (Å²) in [6, 6.07) is 0. The number of carbonyl (C=O) groups is 1. The molecule has 18 heavy (non-hydrogen) atoms. The van der Waals surface area contributed by atoms with Gasteiger partial charge in [-0.2, -0.15) is 0 Å². The number of methoxy groups -OCH3 is 1. The normalized spacial score (nSPS) is 16.2. The first kappa shape index (κ1) is 17.3. The van der Waals surface area contributed by atoms with Crippen LogP contribution in [0.15, 0.2) is 0 Å². The van der Waals surface area contributed by atoms with Crippen molar-refractivity contribution < 1.29 is 24.1 Å². The van der Waals surface area contributed by atoms with Gasteiger partial charge >= 0.3 is 5.97 Å². The van der Waals surface area contributed by atoms with Crippen molar-refractivity contribution in [3.63, 3.8) is 0 Å². The molecule has 108 valence electrons. The van der Waals surface area contributed by atoms with E-state index in [1.54, 1.807) is 21.1 Å². The lowest BCUT2D eigenvalue weighted by Crippen LogP contribution is -2.49. The lowest BCUT2D eigenvalue weighted by molar-refractivity contribution is -0.145. The molecule has 6 heteroatoms. The molecule has 0 heterocycles. The Labute approximate surface area is 109 Å². The monoisotopic (exact) mass is 263 g/mol. The fourth-order valence-corrected chi connectivity index (χ4v) is 1.48. The lowest BCUT2D eigenvalue weighted by atomic mass is 9.95. The third kappa shape index (κ3) is 6.90. The first-order valence-corrected chi connectivity index (χ1v) is 6.07. The minimum absolute atomic E-state index is 0.149. The van der Waals surface area contributed by atoms with Crippen LogP contribution in [0.5, 0.6) is 0 Å². The molecular weight excluding hydrogens is 238 g/mol. The summed E-state index contributed by atoms with van der Waals surface area (Å²) in [6.45, 7) is 5.53. The molecule has 0 aromatic heterocycles. The van der Waals surface area contributed by atoms with Crippen molar-refractivity contribution in [3.05, 3.63) is 0 Å². The summed E-state index contributed by atoms with van der Waals surface area (Å²) in [5, 5.41) is 11.9. The Kier molecular flexibility index (Phi) is 8.91. The van der Waals surface area contributed by atoms with Gasteiger partial charge in [-0.1, -0.05) is 0 Å². The van der Waals surface area contributed by atoms with E-state index in [0.29, 0.717) is 32.8 Å². The summed E-state index contributed by atoms with van der Waals surface area (Å²) < 4.78 is 15.6. The van der Waals surface area contributed by atoms with Crippen LogP contribution >= 0.6 is 0 Å². The lowest BCUT2D eigenvalue weighted by Gasteiger charge is -2.27. The van der Waals surface area contributed by atoms with Crippen molar-refractivity contribution >= 4 is 5.97 Å². The highest BCUT2D eigenvalue weighted by molar-refractivity contribution is 5.78. The molecule has 0 aliphatic heterocycles. The van der Waals surface area contributed by atoms with Crippen LogP contribution < -0.4 is 5.32 Å². The summed E-state index contributed by atoms with van der Waals surface area (Å²) in [5.41, 5.74) is -0.962. The van der Waals surface area contributed by atoms with Gasteiger partial charge in [0.1, 0.15) is 5.54 Å². The summed E-state index contributed by atoms with van der Waals surface area (Å²) in [6.07, 6.45) is 0.251. The molecule has 0 rings (SSSR count). The van der Waals surface area contributed by atoms with Crippen LogP contribution in [-0.4, -0.2) is 63.3 Å². The fourth-order valence-electron chi connectivity index (χ4n) is 1.48. The third-order valence-electron chi connectivity index (χ3n) is 2.78. The van der Waals surface area contributed by atoms with Crippen LogP contribution in [0.3, 0.4) is 0 Å². The molecular formula is C12H25NO5. The molecule has 0 radical (unpaired) electrons. The zero-order chi connectivity index (χ0) is 14.0. The maximum Gasteiger partial charge on any atom is 0.323 e. The van der Waals surface area contributed by atoms with E-state index in [1.807, 2.05) is 6.92 Å². The topological polar surface area (TPSA) is 77.0 Å². The highest BCUT2D eigenvalue weighted by Gasteiger charge is 2.33. The minimum Gasteiger partial charge on any atom is -0.480 e. The summed E-state index contributed by atoms with van der Waals surface area (Å²) in [7, 11) is 3.25. The number of carboxylic acid groups (broad SMARTS) is 1. The zero-order valence-electron chi connectivity index (χ0n) is 11.7. The first-order chi connectivity index (χ1) is 8.46. The molecule has 0 saturated heterocycles. The van der Waals surface area contributed by atoms with E-state index in [2.05, 4.69) is 5.32 Å². The molecule has 0 fully saturated rings. The molecule has 0 amide bonds. The van der Waals surface area contributed by atoms with Crippen molar-refractivity contribution in [1.29, 1.82) is 0 Å². The van der Waals surface area contributed by atoms with Gasteiger partial charge in [-0.3, -0.25) is 4.79 Å². The number of hydrogen-bond donors (Lipinski definition) is 2. The van der Waals surface area contributed by atoms with Crippen LogP contribution in [0, 0.1) is 0 Å². The molecule has 0 aromatic carbocycles. The van der Waals surface area contributed by atoms with Gasteiger partial charge in [0.05, 0.1) is 32.5 Å². The molecule has 0 spiro atoms. The highest BCUT2D eigenvalue weighted by Crippen LogP contribution is 2.14. The van der Waals surface area contributed by atoms with E-state index < -0.39 is 11.5 Å². The van der Waals surface area contributed by atoms with E-state index in [4.69, 9.17) is 19.3 Å². The zero-order valence-corrected chi connectivity index (χ0v) is 11.7. The number of aliphatic carboxylic acids is 1. The number of ether oxygens (including phenoxy) is 3. The van der Waals surface area contributed by atoms with Gasteiger partial charge in [0.15, 0.2) is 0 Å². The summed E-state index contributed by atoms with van der Waals surface area (Å²) in [5.74, 6) is -0.878. The Morgan fingerprint density at radius 3 is 2.44 bits per heavy atom. The maximum atomic E-state index is 11.1. The Morgan fingerprint density at radius 1 is 1.33 bits per heavy atom. The molecule has 0 aliphatic rings. The number of likely N-dealkylation sites (N-methyl/N-ethyl adjacent to an activating group) is 1. The fraction of sp³-hybridized carbons (Fsp3) is 0.917. The molecule has 0 aromatic rings. The molecule has 0 bridgehead atoms. The van der Waals surface area contributed by atoms with Crippen LogP contribution in [-0.2, 0) is 19.0 Å². The van der Waals surface area contributed by atoms with Crippen molar-refractivity contribution in [2.24, 2.45) is 0 Å². The van der Waals surface area contributed by atoms with Gasteiger partial charge in [-0.05, 0) is 20.9 Å². The predicted molar refractivity (Wildman–Crippen MR) is 67.8 cm³/mol. The summed E-state index contributed by atoms with van der Waals surface area (Å²) in [4.78, 5) is 11.1. The Bertz CT molecular complexity index is 237. The van der Waals surface area contributed by atoms with Crippen molar-refractivity contribution in [2.45, 2.75) is 31.9 Å². The summed E-state index contributed by atoms with van der Waals surface area (Å²) >= 11 is 0. The van der Waals surface area contributed by atoms with Crippen LogP contribution in [0.25, 0.3) is 0 Å². The molecule has 0 aliphatic carbocycles.